The number of hydrogen-bond donors (Lipinski definition) is 0. The molecule has 152 valence electrons. The largest absolute Gasteiger partial charge is 0.216 e. The van der Waals surface area contributed by atoms with Gasteiger partial charge in [-0.25, -0.2) is 8.78 Å². The van der Waals surface area contributed by atoms with Gasteiger partial charge in [-0.05, 0) is 92.7 Å². The highest BCUT2D eigenvalue weighted by Crippen LogP contribution is 2.44. The summed E-state index contributed by atoms with van der Waals surface area (Å²) >= 11 is 0. The fourth-order valence-electron chi connectivity index (χ4n) is 5.51. The number of halogens is 2. The summed E-state index contributed by atoms with van der Waals surface area (Å²) in [5.74, 6) is 2.68. The van der Waals surface area contributed by atoms with E-state index in [4.69, 9.17) is 5.26 Å². The smallest absolute Gasteiger partial charge is 0.141 e. The molecule has 0 saturated heterocycles. The number of allylic oxidation sites excluding steroid dienone is 1. The Kier molecular flexibility index (Phi) is 8.07. The highest BCUT2D eigenvalue weighted by atomic mass is 19.1. The highest BCUT2D eigenvalue weighted by molar-refractivity contribution is 5.34. The maximum Gasteiger partial charge on any atom is 0.141 e. The van der Waals surface area contributed by atoms with E-state index in [9.17, 15) is 8.78 Å². The van der Waals surface area contributed by atoms with E-state index >= 15 is 0 Å². The number of rotatable bonds is 7. The van der Waals surface area contributed by atoms with Gasteiger partial charge in [0, 0.05) is 0 Å². The summed E-state index contributed by atoms with van der Waals surface area (Å²) < 4.78 is 25.9. The number of benzene rings is 1. The fraction of sp³-hybridized carbons (Fsp3) is 0.640. The average molecular weight is 386 g/mol. The lowest BCUT2D eigenvalue weighted by molar-refractivity contribution is 0.155. The average Bonchev–Trinajstić information content (AvgIpc) is 2.74. The summed E-state index contributed by atoms with van der Waals surface area (Å²) in [4.78, 5) is 0. The van der Waals surface area contributed by atoms with Gasteiger partial charge >= 0.3 is 0 Å². The van der Waals surface area contributed by atoms with Crippen molar-refractivity contribution in [2.24, 2.45) is 17.8 Å². The summed E-state index contributed by atoms with van der Waals surface area (Å²) in [7, 11) is 0. The number of unbranched alkanes of at least 4 members (excludes halogenated alkanes) is 2. The van der Waals surface area contributed by atoms with Crippen molar-refractivity contribution >= 4 is 0 Å². The molecule has 0 radical (unpaired) electrons. The van der Waals surface area contributed by atoms with Crippen molar-refractivity contribution in [3.8, 4) is 6.07 Å². The van der Waals surface area contributed by atoms with Gasteiger partial charge in [0.1, 0.15) is 11.9 Å². The SMILES string of the molecule is N#Cc1ccc([C@H]2CC[C@H]([C@H]3CC[C@H](CCCCC=CF)CC3)CC2)cc1F. The third kappa shape index (κ3) is 5.66. The maximum atomic E-state index is 13.9. The Bertz CT molecular complexity index is 674. The Morgan fingerprint density at radius 3 is 2.25 bits per heavy atom. The Morgan fingerprint density at radius 1 is 0.964 bits per heavy atom. The first kappa shape index (κ1) is 21.0. The van der Waals surface area contributed by atoms with Crippen LogP contribution in [0.25, 0.3) is 0 Å². The zero-order valence-corrected chi connectivity index (χ0v) is 16.9. The molecule has 0 N–H and O–H groups in total. The first-order valence-corrected chi connectivity index (χ1v) is 11.2. The second kappa shape index (κ2) is 10.7. The van der Waals surface area contributed by atoms with Crippen molar-refractivity contribution in [2.75, 3.05) is 0 Å². The fourth-order valence-corrected chi connectivity index (χ4v) is 5.51. The van der Waals surface area contributed by atoms with Crippen LogP contribution in [0.3, 0.4) is 0 Å². The van der Waals surface area contributed by atoms with Crippen LogP contribution in [0.2, 0.25) is 0 Å². The summed E-state index contributed by atoms with van der Waals surface area (Å²) in [6, 6.07) is 7.07. The van der Waals surface area contributed by atoms with Gasteiger partial charge in [0.05, 0.1) is 11.9 Å². The molecule has 0 amide bonds. The van der Waals surface area contributed by atoms with E-state index in [0.717, 1.165) is 49.0 Å². The van der Waals surface area contributed by atoms with Gasteiger partial charge in [0.2, 0.25) is 0 Å². The van der Waals surface area contributed by atoms with Crippen molar-refractivity contribution < 1.29 is 8.78 Å². The molecule has 1 aromatic carbocycles. The molecule has 0 aliphatic heterocycles. The Balaban J connectivity index is 1.39. The number of nitriles is 1. The third-order valence-electron chi connectivity index (χ3n) is 7.24. The molecule has 2 aliphatic carbocycles. The Hall–Kier alpha value is -1.69. The van der Waals surface area contributed by atoms with Crippen molar-refractivity contribution in [1.29, 1.82) is 5.26 Å². The van der Waals surface area contributed by atoms with E-state index in [1.807, 2.05) is 12.1 Å². The predicted octanol–water partition coefficient (Wildman–Crippen LogP) is 7.82. The minimum atomic E-state index is -0.374. The van der Waals surface area contributed by atoms with E-state index in [1.54, 1.807) is 18.2 Å². The van der Waals surface area contributed by atoms with E-state index in [-0.39, 0.29) is 11.4 Å². The summed E-state index contributed by atoms with van der Waals surface area (Å²) in [6.45, 7) is 0. The molecular weight excluding hydrogens is 352 g/mol. The van der Waals surface area contributed by atoms with Crippen LogP contribution in [0.1, 0.15) is 94.1 Å². The van der Waals surface area contributed by atoms with Crippen LogP contribution in [0.5, 0.6) is 0 Å². The van der Waals surface area contributed by atoms with Crippen LogP contribution < -0.4 is 0 Å². The van der Waals surface area contributed by atoms with Crippen molar-refractivity contribution in [2.45, 2.75) is 83.0 Å². The Labute approximate surface area is 168 Å². The van der Waals surface area contributed by atoms with Crippen molar-refractivity contribution in [3.05, 3.63) is 47.5 Å². The molecule has 0 spiro atoms. The topological polar surface area (TPSA) is 23.8 Å². The van der Waals surface area contributed by atoms with E-state index in [2.05, 4.69) is 0 Å². The van der Waals surface area contributed by atoms with Crippen LogP contribution in [-0.4, -0.2) is 0 Å². The summed E-state index contributed by atoms with van der Waals surface area (Å²) in [5, 5.41) is 8.89. The first-order chi connectivity index (χ1) is 13.7. The third-order valence-corrected chi connectivity index (χ3v) is 7.24. The highest BCUT2D eigenvalue weighted by Gasteiger charge is 2.31. The molecule has 0 unspecified atom stereocenters. The van der Waals surface area contributed by atoms with Gasteiger partial charge in [-0.3, -0.25) is 0 Å². The Morgan fingerprint density at radius 2 is 1.64 bits per heavy atom. The molecule has 0 aromatic heterocycles. The lowest BCUT2D eigenvalue weighted by atomic mass is 9.68. The van der Waals surface area contributed by atoms with E-state index in [1.165, 1.54) is 51.4 Å². The van der Waals surface area contributed by atoms with Crippen LogP contribution >= 0.6 is 0 Å². The van der Waals surface area contributed by atoms with Gasteiger partial charge in [-0.2, -0.15) is 5.26 Å². The number of hydrogen-bond acceptors (Lipinski definition) is 1. The van der Waals surface area contributed by atoms with E-state index in [0.29, 0.717) is 12.2 Å². The first-order valence-electron chi connectivity index (χ1n) is 11.2. The van der Waals surface area contributed by atoms with Gasteiger partial charge < -0.3 is 0 Å². The molecule has 2 fully saturated rings. The summed E-state index contributed by atoms with van der Waals surface area (Å²) in [5.41, 5.74) is 1.22. The quantitative estimate of drug-likeness (QED) is 0.439. The van der Waals surface area contributed by atoms with Crippen molar-refractivity contribution in [1.82, 2.24) is 0 Å². The van der Waals surface area contributed by atoms with Gasteiger partial charge in [0.15, 0.2) is 0 Å². The minimum Gasteiger partial charge on any atom is -0.216 e. The molecule has 1 nitrogen and oxygen atoms in total. The summed E-state index contributed by atoms with van der Waals surface area (Å²) in [6.07, 6.45) is 17.1. The molecule has 1 aromatic rings. The molecule has 2 saturated carbocycles. The predicted molar refractivity (Wildman–Crippen MR) is 110 cm³/mol. The van der Waals surface area contributed by atoms with E-state index < -0.39 is 0 Å². The molecule has 3 heteroatoms. The van der Waals surface area contributed by atoms with Gasteiger partial charge in [0.25, 0.3) is 0 Å². The van der Waals surface area contributed by atoms with Crippen LogP contribution in [0, 0.1) is 34.9 Å². The van der Waals surface area contributed by atoms with Crippen molar-refractivity contribution in [3.63, 3.8) is 0 Å². The molecule has 2 aliphatic rings. The van der Waals surface area contributed by atoms with Gasteiger partial charge in [-0.15, -0.1) is 0 Å². The molecule has 28 heavy (non-hydrogen) atoms. The minimum absolute atomic E-state index is 0.146. The zero-order valence-electron chi connectivity index (χ0n) is 16.9. The lowest BCUT2D eigenvalue weighted by Gasteiger charge is -2.38. The monoisotopic (exact) mass is 385 g/mol. The van der Waals surface area contributed by atoms with Crippen LogP contribution in [0.4, 0.5) is 8.78 Å². The lowest BCUT2D eigenvalue weighted by Crippen LogP contribution is -2.25. The van der Waals surface area contributed by atoms with Crippen LogP contribution in [0.15, 0.2) is 30.6 Å². The molecule has 0 heterocycles. The molecule has 0 atom stereocenters. The van der Waals surface area contributed by atoms with Crippen LogP contribution in [-0.2, 0) is 0 Å². The molecule has 3 rings (SSSR count). The molecule has 0 bridgehead atoms. The normalized spacial score (nSPS) is 28.3. The molecular formula is C25H33F2N. The second-order valence-electron chi connectivity index (χ2n) is 8.89. The zero-order chi connectivity index (χ0) is 19.8. The number of nitrogens with zero attached hydrogens (tertiary/aromatic N) is 1. The standard InChI is InChI=1S/C25H33F2N/c26-16-4-2-1-3-5-19-6-8-20(9-7-19)21-10-12-22(13-11-21)23-14-15-24(18-28)25(27)17-23/h4,14-17,19-22H,1-3,5-13H2/t19-,20-,21-,22-. The van der Waals surface area contributed by atoms with Gasteiger partial charge in [-0.1, -0.05) is 37.8 Å². The maximum absolute atomic E-state index is 13.9. The second-order valence-corrected chi connectivity index (χ2v) is 8.89.